The molecule has 192 valence electrons. The maximum absolute atomic E-state index is 14.3. The fraction of sp³-hybridized carbons (Fsp3) is 0.241. The number of ether oxygens (including phenoxy) is 3. The quantitative estimate of drug-likeness (QED) is 0.418. The highest BCUT2D eigenvalue weighted by molar-refractivity contribution is 6.08. The first-order valence-electron chi connectivity index (χ1n) is 11.8. The van der Waals surface area contributed by atoms with Gasteiger partial charge in [-0.05, 0) is 82.3 Å². The number of carbonyl (C=O) groups is 1. The molecule has 0 radical (unpaired) electrons. The van der Waals surface area contributed by atoms with Crippen molar-refractivity contribution < 1.29 is 28.5 Å². The highest BCUT2D eigenvalue weighted by Crippen LogP contribution is 2.45. The van der Waals surface area contributed by atoms with Gasteiger partial charge in [0.2, 0.25) is 11.7 Å². The van der Waals surface area contributed by atoms with E-state index in [9.17, 15) is 9.18 Å². The van der Waals surface area contributed by atoms with Crippen molar-refractivity contribution >= 4 is 23.1 Å². The van der Waals surface area contributed by atoms with Crippen LogP contribution in [0.25, 0.3) is 17.2 Å². The van der Waals surface area contributed by atoms with Gasteiger partial charge < -0.3 is 24.6 Å². The number of carbonyl (C=O) groups excluding carboxylic acids is 1. The number of hydrogen-bond donors (Lipinski definition) is 2. The van der Waals surface area contributed by atoms with E-state index in [0.717, 1.165) is 33.4 Å². The second kappa shape index (κ2) is 11.7. The number of nitrogens with zero attached hydrogens (tertiary/aromatic N) is 1. The van der Waals surface area contributed by atoms with Gasteiger partial charge in [0.15, 0.2) is 11.5 Å². The van der Waals surface area contributed by atoms with Crippen LogP contribution in [0.2, 0.25) is 0 Å². The topological polar surface area (TPSA) is 89.9 Å². The number of aliphatic hydroxyl groups excluding tert-OH is 1. The summed E-state index contributed by atoms with van der Waals surface area (Å²) in [5, 5.41) is 12.1. The van der Waals surface area contributed by atoms with Gasteiger partial charge in [-0.1, -0.05) is 12.1 Å². The molecule has 1 aliphatic carbocycles. The number of rotatable bonds is 10. The number of benzene rings is 2. The molecule has 0 unspecified atom stereocenters. The van der Waals surface area contributed by atoms with Crippen LogP contribution in [0.4, 0.5) is 4.39 Å². The van der Waals surface area contributed by atoms with E-state index in [0.29, 0.717) is 29.4 Å². The summed E-state index contributed by atoms with van der Waals surface area (Å²) in [6.07, 6.45) is 5.45. The number of allylic oxidation sites excluding steroid dienone is 2. The van der Waals surface area contributed by atoms with E-state index in [2.05, 4.69) is 10.3 Å². The fourth-order valence-corrected chi connectivity index (χ4v) is 4.35. The number of nitrogens with one attached hydrogen (secondary N) is 1. The highest BCUT2D eigenvalue weighted by Gasteiger charge is 2.26. The van der Waals surface area contributed by atoms with Gasteiger partial charge in [-0.15, -0.1) is 0 Å². The molecule has 0 saturated heterocycles. The lowest BCUT2D eigenvalue weighted by Crippen LogP contribution is -2.22. The molecule has 0 aliphatic heterocycles. The predicted molar refractivity (Wildman–Crippen MR) is 140 cm³/mol. The van der Waals surface area contributed by atoms with Crippen LogP contribution in [0.1, 0.15) is 35.6 Å². The molecule has 1 aliphatic rings. The number of aliphatic hydroxyl groups is 1. The maximum Gasteiger partial charge on any atom is 0.224 e. The van der Waals surface area contributed by atoms with E-state index < -0.39 is 0 Å². The molecule has 2 N–H and O–H groups in total. The summed E-state index contributed by atoms with van der Waals surface area (Å²) in [4.78, 5) is 16.9. The van der Waals surface area contributed by atoms with Crippen molar-refractivity contribution in [2.75, 3.05) is 27.4 Å². The van der Waals surface area contributed by atoms with Gasteiger partial charge in [0.25, 0.3) is 0 Å². The Kier molecular flexibility index (Phi) is 8.20. The van der Waals surface area contributed by atoms with Crippen LogP contribution < -0.4 is 19.5 Å². The Morgan fingerprint density at radius 3 is 2.51 bits per heavy atom. The van der Waals surface area contributed by atoms with Gasteiger partial charge >= 0.3 is 0 Å². The van der Waals surface area contributed by atoms with Crippen LogP contribution in [0.15, 0.2) is 60.4 Å². The zero-order chi connectivity index (χ0) is 26.4. The van der Waals surface area contributed by atoms with Crippen molar-refractivity contribution in [3.63, 3.8) is 0 Å². The Labute approximate surface area is 215 Å². The number of halogens is 1. The van der Waals surface area contributed by atoms with Gasteiger partial charge in [-0.25, -0.2) is 4.39 Å². The first-order chi connectivity index (χ1) is 17.9. The predicted octanol–water partition coefficient (Wildman–Crippen LogP) is 4.64. The largest absolute Gasteiger partial charge is 0.493 e. The molecule has 4 rings (SSSR count). The number of methoxy groups -OCH3 is 2. The molecule has 0 spiro atoms. The van der Waals surface area contributed by atoms with E-state index in [4.69, 9.17) is 19.3 Å². The van der Waals surface area contributed by atoms with Crippen LogP contribution in [0.5, 0.6) is 17.2 Å². The molecule has 0 atom stereocenters. The van der Waals surface area contributed by atoms with Crippen molar-refractivity contribution in [2.45, 2.75) is 19.9 Å². The van der Waals surface area contributed by atoms with Crippen molar-refractivity contribution in [2.24, 2.45) is 0 Å². The summed E-state index contributed by atoms with van der Waals surface area (Å²) in [6.45, 7) is 2.25. The van der Waals surface area contributed by atoms with Crippen LogP contribution in [0, 0.1) is 5.82 Å². The van der Waals surface area contributed by atoms with E-state index in [1.54, 1.807) is 30.6 Å². The number of hydrogen-bond acceptors (Lipinski definition) is 6. The molecular formula is C29H29FN2O5. The Morgan fingerprint density at radius 1 is 1.11 bits per heavy atom. The van der Waals surface area contributed by atoms with E-state index >= 15 is 0 Å². The summed E-state index contributed by atoms with van der Waals surface area (Å²) in [6, 6.07) is 11.9. The Balaban J connectivity index is 1.68. The van der Waals surface area contributed by atoms with Crippen molar-refractivity contribution in [3.8, 4) is 17.2 Å². The smallest absolute Gasteiger partial charge is 0.224 e. The van der Waals surface area contributed by atoms with Gasteiger partial charge in [0, 0.05) is 18.9 Å². The lowest BCUT2D eigenvalue weighted by atomic mass is 10.00. The second-order valence-electron chi connectivity index (χ2n) is 8.49. The molecule has 0 fully saturated rings. The molecule has 0 bridgehead atoms. The Hall–Kier alpha value is -4.17. The molecule has 7 nitrogen and oxygen atoms in total. The third-order valence-corrected chi connectivity index (χ3v) is 6.14. The van der Waals surface area contributed by atoms with E-state index in [1.807, 2.05) is 25.1 Å². The van der Waals surface area contributed by atoms with Crippen molar-refractivity contribution in [1.29, 1.82) is 0 Å². The SMILES string of the molecule is COc1cc(/C=C2/C(C)=C(CC(=O)NCc3cccnc3)c3cc(F)ccc32)cc(OC)c1OCCO. The average molecular weight is 505 g/mol. The highest BCUT2D eigenvalue weighted by atomic mass is 19.1. The minimum absolute atomic E-state index is 0.0974. The van der Waals surface area contributed by atoms with Crippen molar-refractivity contribution in [1.82, 2.24) is 10.3 Å². The molecule has 1 amide bonds. The third kappa shape index (κ3) is 5.81. The van der Waals surface area contributed by atoms with Gasteiger partial charge in [-0.3, -0.25) is 9.78 Å². The molecule has 37 heavy (non-hydrogen) atoms. The fourth-order valence-electron chi connectivity index (χ4n) is 4.35. The number of fused-ring (bicyclic) bond motifs is 1. The zero-order valence-electron chi connectivity index (χ0n) is 21.0. The zero-order valence-corrected chi connectivity index (χ0v) is 21.0. The molecule has 3 aromatic rings. The van der Waals surface area contributed by atoms with E-state index in [-0.39, 0.29) is 31.4 Å². The summed E-state index contributed by atoms with van der Waals surface area (Å²) < 4.78 is 30.9. The average Bonchev–Trinajstić information content (AvgIpc) is 3.16. The monoisotopic (exact) mass is 504 g/mol. The number of aromatic nitrogens is 1. The first-order valence-corrected chi connectivity index (χ1v) is 11.8. The maximum atomic E-state index is 14.3. The molecule has 8 heteroatoms. The van der Waals surface area contributed by atoms with Crippen LogP contribution in [-0.4, -0.2) is 43.4 Å². The van der Waals surface area contributed by atoms with Crippen LogP contribution >= 0.6 is 0 Å². The lowest BCUT2D eigenvalue weighted by Gasteiger charge is -2.15. The number of amides is 1. The summed E-state index contributed by atoms with van der Waals surface area (Å²) >= 11 is 0. The molecule has 2 aromatic carbocycles. The van der Waals surface area contributed by atoms with Gasteiger partial charge in [-0.2, -0.15) is 0 Å². The normalized spacial score (nSPS) is 13.5. The minimum atomic E-state index is -0.366. The van der Waals surface area contributed by atoms with Crippen LogP contribution in [-0.2, 0) is 11.3 Å². The first kappa shape index (κ1) is 25.9. The Bertz CT molecular complexity index is 1330. The minimum Gasteiger partial charge on any atom is -0.493 e. The summed E-state index contributed by atoms with van der Waals surface area (Å²) in [5.41, 5.74) is 5.74. The molecule has 1 aromatic heterocycles. The van der Waals surface area contributed by atoms with Gasteiger partial charge in [0.1, 0.15) is 12.4 Å². The Morgan fingerprint density at radius 2 is 1.86 bits per heavy atom. The van der Waals surface area contributed by atoms with Crippen LogP contribution in [0.3, 0.4) is 0 Å². The summed E-state index contributed by atoms with van der Waals surface area (Å²) in [5.74, 6) is 0.772. The standard InChI is InChI=1S/C29H29FN2O5/c1-18-23(11-20-12-26(35-2)29(37-10-9-33)27(13-20)36-3)22-7-6-21(30)14-25(22)24(18)15-28(34)32-17-19-5-4-8-31-16-19/h4-8,11-14,16,33H,9-10,15,17H2,1-3H3,(H,32,34)/b23-11-. The molecular weight excluding hydrogens is 475 g/mol. The summed E-state index contributed by atoms with van der Waals surface area (Å²) in [7, 11) is 3.05. The van der Waals surface area contributed by atoms with Gasteiger partial charge in [0.05, 0.1) is 27.2 Å². The molecule has 1 heterocycles. The lowest BCUT2D eigenvalue weighted by molar-refractivity contribution is -0.120. The molecule has 0 saturated carbocycles. The number of pyridine rings is 1. The third-order valence-electron chi connectivity index (χ3n) is 6.14. The van der Waals surface area contributed by atoms with Crippen molar-refractivity contribution in [3.05, 3.63) is 88.5 Å². The van der Waals surface area contributed by atoms with E-state index in [1.165, 1.54) is 26.4 Å². The second-order valence-corrected chi connectivity index (χ2v) is 8.49.